The lowest BCUT2D eigenvalue weighted by Crippen LogP contribution is -1.93. The highest BCUT2D eigenvalue weighted by molar-refractivity contribution is 5.94. The van der Waals surface area contributed by atoms with Crippen LogP contribution in [-0.4, -0.2) is 25.2 Å². The molecule has 0 spiro atoms. The van der Waals surface area contributed by atoms with Gasteiger partial charge in [-0.1, -0.05) is 59.8 Å². The third-order valence-corrected chi connectivity index (χ3v) is 4.18. The monoisotopic (exact) mass is 339 g/mol. The van der Waals surface area contributed by atoms with Gasteiger partial charge < -0.3 is 4.42 Å². The van der Waals surface area contributed by atoms with Gasteiger partial charge in [-0.25, -0.2) is 4.68 Å². The summed E-state index contributed by atoms with van der Waals surface area (Å²) in [4.78, 5) is 0. The van der Waals surface area contributed by atoms with Crippen LogP contribution in [-0.2, 0) is 0 Å². The fourth-order valence-corrected chi connectivity index (χ4v) is 2.92. The summed E-state index contributed by atoms with van der Waals surface area (Å²) >= 11 is 0. The lowest BCUT2D eigenvalue weighted by Gasteiger charge is -2.01. The van der Waals surface area contributed by atoms with Gasteiger partial charge in [0, 0.05) is 5.56 Å². The number of hydrogen-bond donors (Lipinski definition) is 0. The van der Waals surface area contributed by atoms with E-state index in [9.17, 15) is 0 Å². The number of hydrogen-bond acceptors (Lipinski definition) is 5. The van der Waals surface area contributed by atoms with Crippen LogP contribution in [0.25, 0.3) is 39.5 Å². The molecule has 0 radical (unpaired) electrons. The van der Waals surface area contributed by atoms with Crippen LogP contribution in [0.4, 0.5) is 0 Å². The lowest BCUT2D eigenvalue weighted by atomic mass is 10.0. The molecule has 6 heteroatoms. The maximum atomic E-state index is 5.88. The zero-order chi connectivity index (χ0) is 17.3. The van der Waals surface area contributed by atoms with Gasteiger partial charge in [-0.05, 0) is 29.0 Å². The summed E-state index contributed by atoms with van der Waals surface area (Å²) in [5.74, 6) is 0.807. The van der Waals surface area contributed by atoms with Gasteiger partial charge in [0.1, 0.15) is 0 Å². The molecule has 3 aromatic carbocycles. The van der Waals surface area contributed by atoms with Crippen LogP contribution >= 0.6 is 0 Å². The van der Waals surface area contributed by atoms with Crippen molar-refractivity contribution in [2.24, 2.45) is 0 Å². The SMILES string of the molecule is c1ccc(-n2cc(-c3nnc(-c4cccc5ccccc45)o3)nn2)cc1. The van der Waals surface area contributed by atoms with Gasteiger partial charge in [0.15, 0.2) is 5.69 Å². The number of benzene rings is 3. The summed E-state index contributed by atoms with van der Waals surface area (Å²) in [6.45, 7) is 0. The minimum absolute atomic E-state index is 0.343. The Morgan fingerprint density at radius 2 is 1.46 bits per heavy atom. The summed E-state index contributed by atoms with van der Waals surface area (Å²) in [5.41, 5.74) is 2.35. The molecule has 5 rings (SSSR count). The van der Waals surface area contributed by atoms with Crippen molar-refractivity contribution in [3.05, 3.63) is 79.0 Å². The molecule has 6 nitrogen and oxygen atoms in total. The number of aromatic nitrogens is 5. The second-order valence-electron chi connectivity index (χ2n) is 5.82. The maximum Gasteiger partial charge on any atom is 0.270 e. The highest BCUT2D eigenvalue weighted by atomic mass is 16.4. The molecule has 0 fully saturated rings. The molecule has 0 amide bonds. The Hall–Kier alpha value is -3.80. The van der Waals surface area contributed by atoms with Crippen LogP contribution in [0, 0.1) is 0 Å². The fourth-order valence-electron chi connectivity index (χ4n) is 2.92. The van der Waals surface area contributed by atoms with Gasteiger partial charge in [0.05, 0.1) is 11.9 Å². The Labute approximate surface area is 148 Å². The van der Waals surface area contributed by atoms with E-state index in [1.54, 1.807) is 10.9 Å². The smallest absolute Gasteiger partial charge is 0.270 e. The zero-order valence-electron chi connectivity index (χ0n) is 13.6. The van der Waals surface area contributed by atoms with Gasteiger partial charge in [-0.3, -0.25) is 0 Å². The molecule has 0 N–H and O–H groups in total. The summed E-state index contributed by atoms with van der Waals surface area (Å²) < 4.78 is 7.55. The first kappa shape index (κ1) is 14.5. The van der Waals surface area contributed by atoms with Crippen molar-refractivity contribution in [2.75, 3.05) is 0 Å². The molecule has 2 aromatic heterocycles. The molecule has 26 heavy (non-hydrogen) atoms. The van der Waals surface area contributed by atoms with E-state index < -0.39 is 0 Å². The molecular weight excluding hydrogens is 326 g/mol. The lowest BCUT2D eigenvalue weighted by molar-refractivity contribution is 0.582. The fraction of sp³-hybridized carbons (Fsp3) is 0. The first-order chi connectivity index (χ1) is 12.9. The van der Waals surface area contributed by atoms with E-state index in [0.717, 1.165) is 22.0 Å². The second-order valence-corrected chi connectivity index (χ2v) is 5.82. The van der Waals surface area contributed by atoms with Crippen molar-refractivity contribution in [3.8, 4) is 28.7 Å². The molecular formula is C20H13N5O. The van der Waals surface area contributed by atoms with Crippen molar-refractivity contribution < 1.29 is 4.42 Å². The largest absolute Gasteiger partial charge is 0.414 e. The Kier molecular flexibility index (Phi) is 3.31. The summed E-state index contributed by atoms with van der Waals surface area (Å²) in [5, 5.41) is 18.8. The predicted molar refractivity (Wildman–Crippen MR) is 97.6 cm³/mol. The Morgan fingerprint density at radius 3 is 2.38 bits per heavy atom. The van der Waals surface area contributed by atoms with Crippen molar-refractivity contribution in [1.82, 2.24) is 25.2 Å². The van der Waals surface area contributed by atoms with Crippen molar-refractivity contribution in [2.45, 2.75) is 0 Å². The summed E-state index contributed by atoms with van der Waals surface area (Å²) in [6.07, 6.45) is 1.77. The van der Waals surface area contributed by atoms with Crippen molar-refractivity contribution in [1.29, 1.82) is 0 Å². The summed E-state index contributed by atoms with van der Waals surface area (Å²) in [7, 11) is 0. The molecule has 0 saturated carbocycles. The average molecular weight is 339 g/mol. The first-order valence-corrected chi connectivity index (χ1v) is 8.18. The van der Waals surface area contributed by atoms with Gasteiger partial charge >= 0.3 is 0 Å². The molecule has 0 aliphatic rings. The Morgan fingerprint density at radius 1 is 0.692 bits per heavy atom. The van der Waals surface area contributed by atoms with E-state index in [1.807, 2.05) is 60.7 Å². The van der Waals surface area contributed by atoms with Gasteiger partial charge in [-0.15, -0.1) is 15.3 Å². The van der Waals surface area contributed by atoms with E-state index >= 15 is 0 Å². The van der Waals surface area contributed by atoms with E-state index in [1.165, 1.54) is 0 Å². The molecule has 5 aromatic rings. The van der Waals surface area contributed by atoms with E-state index in [2.05, 4.69) is 32.6 Å². The minimum Gasteiger partial charge on any atom is -0.414 e. The number of nitrogens with zero attached hydrogens (tertiary/aromatic N) is 5. The van der Waals surface area contributed by atoms with E-state index in [0.29, 0.717) is 17.5 Å². The quantitative estimate of drug-likeness (QED) is 0.494. The van der Waals surface area contributed by atoms with Gasteiger partial charge in [-0.2, -0.15) is 0 Å². The molecule has 124 valence electrons. The molecule has 0 aliphatic heterocycles. The normalized spacial score (nSPS) is 11.1. The number of para-hydroxylation sites is 1. The molecule has 2 heterocycles. The van der Waals surface area contributed by atoms with Gasteiger partial charge in [0.25, 0.3) is 5.89 Å². The third-order valence-electron chi connectivity index (χ3n) is 4.18. The topological polar surface area (TPSA) is 69.6 Å². The van der Waals surface area contributed by atoms with Gasteiger partial charge in [0.2, 0.25) is 5.89 Å². The van der Waals surface area contributed by atoms with E-state index in [4.69, 9.17) is 4.42 Å². The third kappa shape index (κ3) is 2.44. The van der Waals surface area contributed by atoms with Crippen LogP contribution < -0.4 is 0 Å². The average Bonchev–Trinajstić information content (AvgIpc) is 3.38. The first-order valence-electron chi connectivity index (χ1n) is 8.18. The molecule has 0 unspecified atom stereocenters. The van der Waals surface area contributed by atoms with Crippen LogP contribution in [0.15, 0.2) is 83.4 Å². The molecule has 0 saturated heterocycles. The van der Waals surface area contributed by atoms with Crippen molar-refractivity contribution >= 4 is 10.8 Å². The Bertz CT molecular complexity index is 1190. The van der Waals surface area contributed by atoms with Crippen molar-refractivity contribution in [3.63, 3.8) is 0 Å². The zero-order valence-corrected chi connectivity index (χ0v) is 13.6. The maximum absolute atomic E-state index is 5.88. The minimum atomic E-state index is 0.343. The number of rotatable bonds is 3. The predicted octanol–water partition coefficient (Wildman–Crippen LogP) is 4.14. The highest BCUT2D eigenvalue weighted by Crippen LogP contribution is 2.29. The number of fused-ring (bicyclic) bond motifs is 1. The molecule has 0 bridgehead atoms. The highest BCUT2D eigenvalue weighted by Gasteiger charge is 2.15. The van der Waals surface area contributed by atoms with Crippen LogP contribution in [0.5, 0.6) is 0 Å². The van der Waals surface area contributed by atoms with Crippen LogP contribution in [0.2, 0.25) is 0 Å². The standard InChI is InChI=1S/C20H13N5O/c1-2-9-15(10-3-1)25-13-18(21-24-25)20-23-22-19(26-20)17-12-6-8-14-7-4-5-11-16(14)17/h1-13H. The van der Waals surface area contributed by atoms with E-state index in [-0.39, 0.29) is 0 Å². The van der Waals surface area contributed by atoms with Crippen LogP contribution in [0.3, 0.4) is 0 Å². The molecule has 0 atom stereocenters. The van der Waals surface area contributed by atoms with Crippen LogP contribution in [0.1, 0.15) is 0 Å². The molecule has 0 aliphatic carbocycles. The summed E-state index contributed by atoms with van der Waals surface area (Å²) in [6, 6.07) is 23.9. The Balaban J connectivity index is 1.54. The second kappa shape index (κ2) is 5.93.